The lowest BCUT2D eigenvalue weighted by molar-refractivity contribution is 0.592. The number of sulfonamides is 1. The van der Waals surface area contributed by atoms with E-state index >= 15 is 0 Å². The van der Waals surface area contributed by atoms with Gasteiger partial charge < -0.3 is 0 Å². The summed E-state index contributed by atoms with van der Waals surface area (Å²) in [6.45, 7) is 9.08. The molecule has 1 aromatic heterocycles. The Morgan fingerprint density at radius 1 is 0.966 bits per heavy atom. The molecule has 0 spiro atoms. The first-order valence-corrected chi connectivity index (χ1v) is 14.8. The van der Waals surface area contributed by atoms with Gasteiger partial charge in [0, 0.05) is 17.4 Å². The van der Waals surface area contributed by atoms with Gasteiger partial charge in [-0.25, -0.2) is 8.42 Å². The Morgan fingerprint density at radius 2 is 1.62 bits per heavy atom. The molecule has 0 amide bonds. The standard InChI is InChI=1S/C23H26N2O2SSi/c1-17-10-12-20(13-11-17)28(26,27)25-15-14-19-16-21(18-8-6-5-7-9-18)24-23(22(19)25)29(2,3)4/h5-13,16H,14-15H2,1-4H3. The SMILES string of the molecule is Cc1ccc(S(=O)(=O)N2CCc3cc(-c4ccccc4)nc([Si](C)(C)C)c32)cc1. The zero-order chi connectivity index (χ0) is 20.8. The number of aryl methyl sites for hydroxylation is 1. The first-order valence-electron chi connectivity index (χ1n) is 9.87. The monoisotopic (exact) mass is 422 g/mol. The van der Waals surface area contributed by atoms with E-state index in [2.05, 4.69) is 37.8 Å². The minimum atomic E-state index is -3.61. The average molecular weight is 423 g/mol. The van der Waals surface area contributed by atoms with E-state index in [4.69, 9.17) is 4.98 Å². The summed E-state index contributed by atoms with van der Waals surface area (Å²) in [6, 6.07) is 19.3. The zero-order valence-corrected chi connectivity index (χ0v) is 19.1. The van der Waals surface area contributed by atoms with Crippen molar-refractivity contribution in [3.63, 3.8) is 0 Å². The van der Waals surface area contributed by atoms with Crippen LogP contribution in [-0.4, -0.2) is 28.0 Å². The van der Waals surface area contributed by atoms with Crippen LogP contribution in [0.5, 0.6) is 0 Å². The number of pyridine rings is 1. The number of rotatable bonds is 4. The first-order chi connectivity index (χ1) is 13.7. The molecule has 2 aromatic carbocycles. The lowest BCUT2D eigenvalue weighted by Crippen LogP contribution is -2.45. The van der Waals surface area contributed by atoms with E-state index in [1.165, 1.54) is 0 Å². The van der Waals surface area contributed by atoms with E-state index < -0.39 is 18.1 Å². The number of nitrogens with zero attached hydrogens (tertiary/aromatic N) is 2. The summed E-state index contributed by atoms with van der Waals surface area (Å²) in [7, 11) is -5.52. The quantitative estimate of drug-likeness (QED) is 0.587. The molecule has 0 aliphatic carbocycles. The molecule has 1 aliphatic rings. The predicted octanol–water partition coefficient (Wildman–Crippen LogP) is 4.35. The maximum atomic E-state index is 13.5. The summed E-state index contributed by atoms with van der Waals surface area (Å²) in [5.74, 6) is 0. The molecule has 0 atom stereocenters. The molecule has 0 unspecified atom stereocenters. The van der Waals surface area contributed by atoms with E-state index in [0.717, 1.165) is 33.4 Å². The molecule has 3 aromatic rings. The first kappa shape index (κ1) is 19.9. The molecule has 0 N–H and O–H groups in total. The summed E-state index contributed by atoms with van der Waals surface area (Å²) in [6.07, 6.45) is 0.709. The Labute approximate surface area is 174 Å². The third-order valence-electron chi connectivity index (χ3n) is 5.29. The van der Waals surface area contributed by atoms with Gasteiger partial charge in [-0.3, -0.25) is 9.29 Å². The minimum absolute atomic E-state index is 0.338. The Balaban J connectivity index is 1.88. The van der Waals surface area contributed by atoms with Crippen LogP contribution >= 0.6 is 0 Å². The summed E-state index contributed by atoms with van der Waals surface area (Å²) in [5.41, 5.74) is 4.92. The van der Waals surface area contributed by atoms with Crippen molar-refractivity contribution in [3.05, 3.63) is 71.8 Å². The molecule has 0 radical (unpaired) electrons. The lowest BCUT2D eigenvalue weighted by Gasteiger charge is -2.27. The van der Waals surface area contributed by atoms with Crippen LogP contribution in [0.1, 0.15) is 11.1 Å². The fourth-order valence-corrected chi connectivity index (χ4v) is 6.80. The second-order valence-electron chi connectivity index (χ2n) is 8.62. The van der Waals surface area contributed by atoms with Crippen molar-refractivity contribution in [3.8, 4) is 11.3 Å². The van der Waals surface area contributed by atoms with Gasteiger partial charge in [0.2, 0.25) is 0 Å². The van der Waals surface area contributed by atoms with E-state index in [1.807, 2.05) is 37.3 Å². The van der Waals surface area contributed by atoms with Crippen molar-refractivity contribution in [1.82, 2.24) is 4.98 Å². The number of anilines is 1. The molecular weight excluding hydrogens is 396 g/mol. The van der Waals surface area contributed by atoms with Crippen LogP contribution in [0.15, 0.2) is 65.6 Å². The van der Waals surface area contributed by atoms with E-state index in [1.54, 1.807) is 16.4 Å². The van der Waals surface area contributed by atoms with Gasteiger partial charge in [0.1, 0.15) is 8.07 Å². The maximum Gasteiger partial charge on any atom is 0.264 e. The highest BCUT2D eigenvalue weighted by Crippen LogP contribution is 2.35. The van der Waals surface area contributed by atoms with Crippen molar-refractivity contribution >= 4 is 29.1 Å². The second-order valence-corrected chi connectivity index (χ2v) is 15.5. The largest absolute Gasteiger partial charge is 0.264 e. The molecule has 0 saturated carbocycles. The molecule has 0 saturated heterocycles. The molecule has 4 nitrogen and oxygen atoms in total. The summed E-state index contributed by atoms with van der Waals surface area (Å²) in [4.78, 5) is 5.35. The summed E-state index contributed by atoms with van der Waals surface area (Å²) in [5, 5.41) is 0.960. The highest BCUT2D eigenvalue weighted by atomic mass is 32.2. The number of benzene rings is 2. The van der Waals surface area contributed by atoms with Crippen LogP contribution in [-0.2, 0) is 16.4 Å². The third kappa shape index (κ3) is 3.62. The molecule has 1 aliphatic heterocycles. The molecule has 150 valence electrons. The highest BCUT2D eigenvalue weighted by molar-refractivity contribution is 7.92. The molecule has 4 rings (SSSR count). The van der Waals surface area contributed by atoms with Gasteiger partial charge >= 0.3 is 0 Å². The van der Waals surface area contributed by atoms with Gasteiger partial charge in [-0.05, 0) is 37.1 Å². The Hall–Kier alpha value is -2.44. The Kier molecular flexibility index (Phi) is 4.87. The molecule has 2 heterocycles. The topological polar surface area (TPSA) is 50.3 Å². The lowest BCUT2D eigenvalue weighted by atomic mass is 10.1. The number of hydrogen-bond donors (Lipinski definition) is 0. The number of hydrogen-bond acceptors (Lipinski definition) is 3. The van der Waals surface area contributed by atoms with Crippen molar-refractivity contribution in [2.75, 3.05) is 10.8 Å². The molecular formula is C23H26N2O2SSi. The average Bonchev–Trinajstić information content (AvgIpc) is 3.12. The van der Waals surface area contributed by atoms with Gasteiger partial charge in [0.15, 0.2) is 0 Å². The smallest absolute Gasteiger partial charge is 0.264 e. The molecule has 0 fully saturated rings. The van der Waals surface area contributed by atoms with Crippen LogP contribution in [0.2, 0.25) is 19.6 Å². The predicted molar refractivity (Wildman–Crippen MR) is 122 cm³/mol. The van der Waals surface area contributed by atoms with E-state index in [9.17, 15) is 8.42 Å². The number of fused-ring (bicyclic) bond motifs is 1. The highest BCUT2D eigenvalue weighted by Gasteiger charge is 2.37. The fraction of sp³-hybridized carbons (Fsp3) is 0.261. The van der Waals surface area contributed by atoms with Crippen molar-refractivity contribution in [1.29, 1.82) is 0 Å². The third-order valence-corrected chi connectivity index (χ3v) is 8.88. The van der Waals surface area contributed by atoms with Crippen LogP contribution in [0.25, 0.3) is 11.3 Å². The summed E-state index contributed by atoms with van der Waals surface area (Å²) < 4.78 is 28.5. The van der Waals surface area contributed by atoms with Crippen LogP contribution in [0.3, 0.4) is 0 Å². The maximum absolute atomic E-state index is 13.5. The van der Waals surface area contributed by atoms with Gasteiger partial charge in [-0.2, -0.15) is 0 Å². The van der Waals surface area contributed by atoms with Crippen molar-refractivity contribution < 1.29 is 8.42 Å². The Bertz CT molecular complexity index is 1150. The number of aromatic nitrogens is 1. The van der Waals surface area contributed by atoms with Gasteiger partial charge in [-0.1, -0.05) is 67.7 Å². The second kappa shape index (κ2) is 7.11. The zero-order valence-electron chi connectivity index (χ0n) is 17.3. The van der Waals surface area contributed by atoms with Crippen LogP contribution < -0.4 is 9.62 Å². The Morgan fingerprint density at radius 3 is 2.24 bits per heavy atom. The summed E-state index contributed by atoms with van der Waals surface area (Å²) >= 11 is 0. The molecule has 6 heteroatoms. The minimum Gasteiger partial charge on any atom is -0.264 e. The molecule has 29 heavy (non-hydrogen) atoms. The van der Waals surface area contributed by atoms with Gasteiger partial charge in [0.05, 0.1) is 16.3 Å². The van der Waals surface area contributed by atoms with E-state index in [-0.39, 0.29) is 0 Å². The van der Waals surface area contributed by atoms with Gasteiger partial charge in [-0.15, -0.1) is 0 Å². The van der Waals surface area contributed by atoms with E-state index in [0.29, 0.717) is 17.9 Å². The van der Waals surface area contributed by atoms with Crippen LogP contribution in [0, 0.1) is 6.92 Å². The van der Waals surface area contributed by atoms with Crippen molar-refractivity contribution in [2.45, 2.75) is 37.9 Å². The van der Waals surface area contributed by atoms with Crippen LogP contribution in [0.4, 0.5) is 5.69 Å². The molecule has 0 bridgehead atoms. The van der Waals surface area contributed by atoms with Crippen molar-refractivity contribution in [2.24, 2.45) is 0 Å². The van der Waals surface area contributed by atoms with Gasteiger partial charge in [0.25, 0.3) is 10.0 Å². The normalized spacial score (nSPS) is 14.1. The fourth-order valence-electron chi connectivity index (χ4n) is 3.75.